The molecule has 14 aromatic carbocycles. The smallest absolute Gasteiger partial charge is 0.187 e. The summed E-state index contributed by atoms with van der Waals surface area (Å²) in [4.78, 5) is 20.8. The van der Waals surface area contributed by atoms with Crippen LogP contribution in [0.4, 0.5) is 5.69 Å². The molecule has 17 rings (SSSR count). The molecular formula is C90H54N8. The van der Waals surface area contributed by atoms with Crippen molar-refractivity contribution in [3.8, 4) is 136 Å². The normalized spacial score (nSPS) is 11.2. The van der Waals surface area contributed by atoms with Crippen LogP contribution >= 0.6 is 0 Å². The number of aromatic nitrogens is 5. The van der Waals surface area contributed by atoms with E-state index in [9.17, 15) is 10.5 Å². The number of nitriles is 2. The van der Waals surface area contributed by atoms with E-state index >= 15 is 0 Å². The van der Waals surface area contributed by atoms with Gasteiger partial charge in [-0.05, 0) is 181 Å². The maximum absolute atomic E-state index is 10.0. The maximum Gasteiger partial charge on any atom is 0.187 e. The molecule has 0 amide bonds. The highest BCUT2D eigenvalue weighted by Gasteiger charge is 2.25. The Labute approximate surface area is 566 Å². The van der Waals surface area contributed by atoms with Crippen LogP contribution < -0.4 is 0 Å². The number of nitrogens with zero attached hydrogens (tertiary/aromatic N) is 8. The Morgan fingerprint density at radius 2 is 0.531 bits per heavy atom. The predicted octanol–water partition coefficient (Wildman–Crippen LogP) is 23.0. The van der Waals surface area contributed by atoms with Crippen molar-refractivity contribution in [3.05, 3.63) is 350 Å². The van der Waals surface area contributed by atoms with Gasteiger partial charge in [0.25, 0.3) is 0 Å². The molecule has 8 heteroatoms. The molecule has 98 heavy (non-hydrogen) atoms. The van der Waals surface area contributed by atoms with E-state index < -0.39 is 0 Å². The van der Waals surface area contributed by atoms with E-state index in [1.807, 2.05) is 109 Å². The van der Waals surface area contributed by atoms with Crippen LogP contribution in [0.2, 0.25) is 0 Å². The molecule has 8 nitrogen and oxygen atoms in total. The second-order valence-corrected chi connectivity index (χ2v) is 24.5. The fourth-order valence-corrected chi connectivity index (χ4v) is 13.8. The van der Waals surface area contributed by atoms with E-state index in [4.69, 9.17) is 21.5 Å². The molecule has 0 atom stereocenters. The largest absolute Gasteiger partial charge is 0.308 e. The standard InChI is InChI=1S/C90H54N8/c1-93-75-24-14-23-68(49-75)66-33-35-67(36-34-66)88-94-89(80-54-73(64-29-25-58(56-91)26-30-64)41-47-86(80)97-82-43-37-69(60-15-6-2-7-16-60)50-76(82)77-51-70(38-44-83(77)97)61-17-8-3-9-18-61)96-90(95-88)81-55-74(65-31-27-59(57-92)28-32-65)42-48-87(81)98-84-45-39-71(62-19-10-4-11-20-62)52-78(84)79-53-72(40-46-85(79)98)63-21-12-5-13-22-63/h2-55H. The molecule has 0 radical (unpaired) electrons. The Bertz CT molecular complexity index is 5580. The summed E-state index contributed by atoms with van der Waals surface area (Å²) in [5.41, 5.74) is 24.0. The molecule has 0 fully saturated rings. The van der Waals surface area contributed by atoms with Gasteiger partial charge in [0.1, 0.15) is 0 Å². The number of rotatable bonds is 12. The minimum Gasteiger partial charge on any atom is -0.308 e. The van der Waals surface area contributed by atoms with Gasteiger partial charge in [0.05, 0.1) is 63.3 Å². The zero-order valence-corrected chi connectivity index (χ0v) is 52.8. The first-order chi connectivity index (χ1) is 48.4. The minimum atomic E-state index is 0.429. The second kappa shape index (κ2) is 24.6. The third-order valence-corrected chi connectivity index (χ3v) is 18.7. The van der Waals surface area contributed by atoms with Gasteiger partial charge in [-0.3, -0.25) is 0 Å². The lowest BCUT2D eigenvalue weighted by molar-refractivity contribution is 1.06. The average molecular weight is 1250 g/mol. The first-order valence-corrected chi connectivity index (χ1v) is 32.4. The van der Waals surface area contributed by atoms with Crippen molar-refractivity contribution in [2.45, 2.75) is 0 Å². The predicted molar refractivity (Wildman–Crippen MR) is 399 cm³/mol. The third-order valence-electron chi connectivity index (χ3n) is 18.7. The number of hydrogen-bond donors (Lipinski definition) is 0. The second-order valence-electron chi connectivity index (χ2n) is 24.5. The molecule has 0 aliphatic heterocycles. The van der Waals surface area contributed by atoms with Gasteiger partial charge in [0.15, 0.2) is 23.2 Å². The van der Waals surface area contributed by atoms with Crippen molar-refractivity contribution in [2.75, 3.05) is 0 Å². The molecule has 0 aliphatic rings. The molecule has 0 saturated heterocycles. The summed E-state index contributed by atoms with van der Waals surface area (Å²) in [6.45, 7) is 7.81. The molecule has 0 unspecified atom stereocenters. The van der Waals surface area contributed by atoms with Crippen LogP contribution in [0.25, 0.3) is 172 Å². The van der Waals surface area contributed by atoms with E-state index in [0.29, 0.717) is 34.3 Å². The first-order valence-electron chi connectivity index (χ1n) is 32.4. The van der Waals surface area contributed by atoms with E-state index in [1.54, 1.807) is 0 Å². The van der Waals surface area contributed by atoms with Crippen LogP contribution in [-0.2, 0) is 0 Å². The molecular weight excluding hydrogens is 1190 g/mol. The summed E-state index contributed by atoms with van der Waals surface area (Å²) >= 11 is 0. The summed E-state index contributed by atoms with van der Waals surface area (Å²) in [5.74, 6) is 1.30. The van der Waals surface area contributed by atoms with Crippen molar-refractivity contribution in [3.63, 3.8) is 0 Å². The lowest BCUT2D eigenvalue weighted by Crippen LogP contribution is -2.06. The van der Waals surface area contributed by atoms with Crippen LogP contribution in [0.5, 0.6) is 0 Å². The van der Waals surface area contributed by atoms with E-state index in [0.717, 1.165) is 150 Å². The highest BCUT2D eigenvalue weighted by molar-refractivity contribution is 6.14. The van der Waals surface area contributed by atoms with Crippen LogP contribution in [0.1, 0.15) is 11.1 Å². The van der Waals surface area contributed by atoms with Crippen molar-refractivity contribution < 1.29 is 0 Å². The summed E-state index contributed by atoms with van der Waals surface area (Å²) < 4.78 is 4.70. The Morgan fingerprint density at radius 3 is 0.878 bits per heavy atom. The molecule has 0 N–H and O–H groups in total. The molecule has 0 bridgehead atoms. The monoisotopic (exact) mass is 1250 g/mol. The van der Waals surface area contributed by atoms with Gasteiger partial charge >= 0.3 is 0 Å². The minimum absolute atomic E-state index is 0.429. The topological polar surface area (TPSA) is 100 Å². The summed E-state index contributed by atoms with van der Waals surface area (Å²) in [6, 6.07) is 118. The molecule has 3 aromatic heterocycles. The maximum atomic E-state index is 10.0. The van der Waals surface area contributed by atoms with Crippen molar-refractivity contribution in [1.82, 2.24) is 24.1 Å². The average Bonchev–Trinajstić information content (AvgIpc) is 1.68. The van der Waals surface area contributed by atoms with Crippen LogP contribution in [0.3, 0.4) is 0 Å². The molecule has 17 aromatic rings. The van der Waals surface area contributed by atoms with Crippen LogP contribution in [0, 0.1) is 29.2 Å². The van der Waals surface area contributed by atoms with E-state index in [1.165, 1.54) is 0 Å². The summed E-state index contributed by atoms with van der Waals surface area (Å²) in [5, 5.41) is 24.3. The Balaban J connectivity index is 0.958. The van der Waals surface area contributed by atoms with Gasteiger partial charge in [0, 0.05) is 38.2 Å². The van der Waals surface area contributed by atoms with Crippen LogP contribution in [0.15, 0.2) is 328 Å². The summed E-state index contributed by atoms with van der Waals surface area (Å²) in [7, 11) is 0. The summed E-state index contributed by atoms with van der Waals surface area (Å²) in [6.07, 6.45) is 0. The molecule has 454 valence electrons. The molecule has 3 heterocycles. The van der Waals surface area contributed by atoms with Gasteiger partial charge < -0.3 is 9.13 Å². The van der Waals surface area contributed by atoms with Gasteiger partial charge in [0.2, 0.25) is 0 Å². The van der Waals surface area contributed by atoms with Gasteiger partial charge in [-0.15, -0.1) is 0 Å². The first kappa shape index (κ1) is 58.0. The van der Waals surface area contributed by atoms with Crippen molar-refractivity contribution in [2.24, 2.45) is 0 Å². The molecule has 0 aliphatic carbocycles. The SMILES string of the molecule is [C-]#[N+]c1cccc(-c2ccc(-c3nc(-c4cc(-c5ccc(C#N)cc5)ccc4-n4c5ccc(-c6ccccc6)cc5c5cc(-c6ccccc6)ccc54)nc(-c4cc(-c5ccc(C#N)cc5)ccc4-n4c5ccc(-c6ccccc6)cc5c5cc(-c6ccccc6)ccc54)n3)cc2)c1. The van der Waals surface area contributed by atoms with Gasteiger partial charge in [-0.25, -0.2) is 19.8 Å². The molecule has 0 spiro atoms. The Kier molecular flexibility index (Phi) is 14.5. The third kappa shape index (κ3) is 10.6. The van der Waals surface area contributed by atoms with Crippen molar-refractivity contribution in [1.29, 1.82) is 10.5 Å². The van der Waals surface area contributed by atoms with E-state index in [-0.39, 0.29) is 0 Å². The van der Waals surface area contributed by atoms with Crippen LogP contribution in [-0.4, -0.2) is 24.1 Å². The number of fused-ring (bicyclic) bond motifs is 6. The van der Waals surface area contributed by atoms with Crippen molar-refractivity contribution >= 4 is 49.3 Å². The highest BCUT2D eigenvalue weighted by Crippen LogP contribution is 2.45. The number of hydrogen-bond acceptors (Lipinski definition) is 5. The Hall–Kier alpha value is -13.8. The lowest BCUT2D eigenvalue weighted by Gasteiger charge is -2.18. The lowest BCUT2D eigenvalue weighted by atomic mass is 9.99. The van der Waals surface area contributed by atoms with E-state index in [2.05, 4.69) is 245 Å². The zero-order valence-electron chi connectivity index (χ0n) is 52.8. The Morgan fingerprint density at radius 1 is 0.255 bits per heavy atom. The van der Waals surface area contributed by atoms with Gasteiger partial charge in [-0.1, -0.05) is 224 Å². The number of benzene rings is 14. The zero-order chi connectivity index (χ0) is 65.6. The fourth-order valence-electron chi connectivity index (χ4n) is 13.8. The van der Waals surface area contributed by atoms with Gasteiger partial charge in [-0.2, -0.15) is 10.5 Å². The highest BCUT2D eigenvalue weighted by atomic mass is 15.1. The quantitative estimate of drug-likeness (QED) is 0.113. The fraction of sp³-hybridized carbons (Fsp3) is 0. The molecule has 0 saturated carbocycles.